The van der Waals surface area contributed by atoms with Crippen LogP contribution in [0.1, 0.15) is 23.5 Å². The summed E-state index contributed by atoms with van der Waals surface area (Å²) in [5.41, 5.74) is 2.16. The number of para-hydroxylation sites is 1. The molecule has 0 saturated heterocycles. The minimum Gasteiger partial charge on any atom is -0.493 e. The molecule has 1 heterocycles. The van der Waals surface area contributed by atoms with Crippen LogP contribution in [-0.2, 0) is 4.79 Å². The highest BCUT2D eigenvalue weighted by molar-refractivity contribution is 5.66. The maximum atomic E-state index is 10.8. The molecule has 2 rings (SSSR count). The lowest BCUT2D eigenvalue weighted by Gasteiger charge is -2.23. The zero-order valence-electron chi connectivity index (χ0n) is 7.62. The van der Waals surface area contributed by atoms with Gasteiger partial charge < -0.3 is 9.53 Å². The first kappa shape index (κ1) is 8.30. The molecule has 0 radical (unpaired) electrons. The lowest BCUT2D eigenvalue weighted by Crippen LogP contribution is -2.15. The van der Waals surface area contributed by atoms with Gasteiger partial charge in [0.2, 0.25) is 0 Å². The Morgan fingerprint density at radius 3 is 3.15 bits per heavy atom. The van der Waals surface area contributed by atoms with E-state index in [0.717, 1.165) is 29.6 Å². The van der Waals surface area contributed by atoms with Crippen molar-refractivity contribution < 1.29 is 9.53 Å². The van der Waals surface area contributed by atoms with E-state index in [9.17, 15) is 4.79 Å². The molecule has 1 aromatic rings. The van der Waals surface area contributed by atoms with Crippen LogP contribution in [-0.4, -0.2) is 12.9 Å². The Morgan fingerprint density at radius 2 is 2.38 bits per heavy atom. The number of rotatable bonds is 1. The molecule has 0 bridgehead atoms. The summed E-state index contributed by atoms with van der Waals surface area (Å²) in [4.78, 5) is 10.8. The Bertz CT molecular complexity index is 331. The van der Waals surface area contributed by atoms with Crippen molar-refractivity contribution in [2.24, 2.45) is 0 Å². The Kier molecular flexibility index (Phi) is 2.05. The van der Waals surface area contributed by atoms with E-state index in [0.29, 0.717) is 6.61 Å². The highest BCUT2D eigenvalue weighted by Gasteiger charge is 2.21. The number of carbonyl (C=O) groups excluding carboxylic acids is 1. The third kappa shape index (κ3) is 1.32. The minimum atomic E-state index is 0.0312. The monoisotopic (exact) mass is 176 g/mol. The highest BCUT2D eigenvalue weighted by atomic mass is 16.5. The first-order chi connectivity index (χ1) is 6.33. The highest BCUT2D eigenvalue weighted by Crippen LogP contribution is 2.34. The molecule has 0 aromatic heterocycles. The third-order valence-corrected chi connectivity index (χ3v) is 2.48. The maximum Gasteiger partial charge on any atom is 0.127 e. The van der Waals surface area contributed by atoms with Gasteiger partial charge in [0.15, 0.2) is 0 Å². The first-order valence-corrected chi connectivity index (χ1v) is 4.50. The van der Waals surface area contributed by atoms with Crippen LogP contribution in [0.3, 0.4) is 0 Å². The fourth-order valence-electron chi connectivity index (χ4n) is 1.75. The van der Waals surface area contributed by atoms with Crippen molar-refractivity contribution in [3.63, 3.8) is 0 Å². The van der Waals surface area contributed by atoms with Crippen molar-refractivity contribution in [2.75, 3.05) is 6.61 Å². The van der Waals surface area contributed by atoms with Crippen LogP contribution >= 0.6 is 0 Å². The predicted molar refractivity (Wildman–Crippen MR) is 50.1 cm³/mol. The number of hydrogen-bond acceptors (Lipinski definition) is 2. The molecule has 1 aromatic carbocycles. The summed E-state index contributed by atoms with van der Waals surface area (Å²) in [7, 11) is 0. The molecule has 0 fully saturated rings. The van der Waals surface area contributed by atoms with Crippen LogP contribution in [0.25, 0.3) is 0 Å². The summed E-state index contributed by atoms with van der Waals surface area (Å²) in [6.45, 7) is 2.66. The van der Waals surface area contributed by atoms with Crippen molar-refractivity contribution >= 4 is 6.29 Å². The topological polar surface area (TPSA) is 26.3 Å². The van der Waals surface area contributed by atoms with E-state index >= 15 is 0 Å². The SMILES string of the molecule is Cc1cccc2c1OCCC2C=O. The summed E-state index contributed by atoms with van der Waals surface area (Å²) in [6.07, 6.45) is 1.82. The van der Waals surface area contributed by atoms with Crippen LogP contribution in [0, 0.1) is 6.92 Å². The van der Waals surface area contributed by atoms with Crippen LogP contribution in [0.15, 0.2) is 18.2 Å². The first-order valence-electron chi connectivity index (χ1n) is 4.50. The molecule has 0 aliphatic carbocycles. The number of carbonyl (C=O) groups is 1. The zero-order chi connectivity index (χ0) is 9.26. The molecule has 1 unspecified atom stereocenters. The number of aryl methyl sites for hydroxylation is 1. The third-order valence-electron chi connectivity index (χ3n) is 2.48. The number of hydrogen-bond donors (Lipinski definition) is 0. The fourth-order valence-corrected chi connectivity index (χ4v) is 1.75. The zero-order valence-corrected chi connectivity index (χ0v) is 7.62. The summed E-state index contributed by atoms with van der Waals surface area (Å²) >= 11 is 0. The van der Waals surface area contributed by atoms with Crippen molar-refractivity contribution in [3.05, 3.63) is 29.3 Å². The standard InChI is InChI=1S/C11H12O2/c1-8-3-2-4-10-9(7-12)5-6-13-11(8)10/h2-4,7,9H,5-6H2,1H3. The van der Waals surface area contributed by atoms with Crippen LogP contribution < -0.4 is 4.74 Å². The van der Waals surface area contributed by atoms with Gasteiger partial charge >= 0.3 is 0 Å². The molecular formula is C11H12O2. The largest absolute Gasteiger partial charge is 0.493 e. The molecule has 0 spiro atoms. The maximum absolute atomic E-state index is 10.8. The van der Waals surface area contributed by atoms with E-state index in [4.69, 9.17) is 4.74 Å². The number of ether oxygens (including phenoxy) is 1. The van der Waals surface area contributed by atoms with E-state index in [-0.39, 0.29) is 5.92 Å². The molecule has 2 heteroatoms. The van der Waals surface area contributed by atoms with Gasteiger partial charge in [-0.3, -0.25) is 0 Å². The second-order valence-corrected chi connectivity index (χ2v) is 3.37. The lowest BCUT2D eigenvalue weighted by atomic mass is 9.93. The smallest absolute Gasteiger partial charge is 0.127 e. The van der Waals surface area contributed by atoms with Gasteiger partial charge in [0.25, 0.3) is 0 Å². The van der Waals surface area contributed by atoms with Crippen LogP contribution in [0.5, 0.6) is 5.75 Å². The van der Waals surface area contributed by atoms with Gasteiger partial charge in [-0.05, 0) is 18.9 Å². The average Bonchev–Trinajstić information content (AvgIpc) is 2.18. The molecule has 13 heavy (non-hydrogen) atoms. The van der Waals surface area contributed by atoms with Gasteiger partial charge in [-0.1, -0.05) is 18.2 Å². The van der Waals surface area contributed by atoms with E-state index < -0.39 is 0 Å². The molecule has 2 nitrogen and oxygen atoms in total. The molecule has 1 aliphatic heterocycles. The van der Waals surface area contributed by atoms with Crippen molar-refractivity contribution in [3.8, 4) is 5.75 Å². The minimum absolute atomic E-state index is 0.0312. The van der Waals surface area contributed by atoms with Crippen LogP contribution in [0.4, 0.5) is 0 Å². The van der Waals surface area contributed by atoms with Crippen molar-refractivity contribution in [1.82, 2.24) is 0 Å². The second-order valence-electron chi connectivity index (χ2n) is 3.37. The summed E-state index contributed by atoms with van der Waals surface area (Å²) < 4.78 is 5.53. The van der Waals surface area contributed by atoms with Gasteiger partial charge in [0.1, 0.15) is 12.0 Å². The number of aldehydes is 1. The van der Waals surface area contributed by atoms with Gasteiger partial charge in [-0.15, -0.1) is 0 Å². The summed E-state index contributed by atoms with van der Waals surface area (Å²) in [6, 6.07) is 5.95. The predicted octanol–water partition coefficient (Wildman–Crippen LogP) is 2.06. The van der Waals surface area contributed by atoms with Gasteiger partial charge in [0.05, 0.1) is 6.61 Å². The van der Waals surface area contributed by atoms with Gasteiger partial charge in [-0.25, -0.2) is 0 Å². The molecule has 0 N–H and O–H groups in total. The lowest BCUT2D eigenvalue weighted by molar-refractivity contribution is -0.109. The Balaban J connectivity index is 2.51. The van der Waals surface area contributed by atoms with Crippen molar-refractivity contribution in [2.45, 2.75) is 19.3 Å². The normalized spacial score (nSPS) is 20.2. The van der Waals surface area contributed by atoms with Gasteiger partial charge in [0, 0.05) is 11.5 Å². The molecule has 0 saturated carbocycles. The van der Waals surface area contributed by atoms with E-state index in [2.05, 4.69) is 0 Å². The van der Waals surface area contributed by atoms with E-state index in [1.807, 2.05) is 25.1 Å². The summed E-state index contributed by atoms with van der Waals surface area (Å²) in [5.74, 6) is 0.939. The molecule has 1 atom stereocenters. The summed E-state index contributed by atoms with van der Waals surface area (Å²) in [5, 5.41) is 0. The Labute approximate surface area is 77.5 Å². The Hall–Kier alpha value is -1.31. The molecule has 68 valence electrons. The molecule has 0 amide bonds. The Morgan fingerprint density at radius 1 is 1.54 bits per heavy atom. The van der Waals surface area contributed by atoms with Crippen LogP contribution in [0.2, 0.25) is 0 Å². The van der Waals surface area contributed by atoms with Gasteiger partial charge in [-0.2, -0.15) is 0 Å². The molecular weight excluding hydrogens is 164 g/mol. The second kappa shape index (κ2) is 3.21. The van der Waals surface area contributed by atoms with Crippen molar-refractivity contribution in [1.29, 1.82) is 0 Å². The number of fused-ring (bicyclic) bond motifs is 1. The van der Waals surface area contributed by atoms with E-state index in [1.54, 1.807) is 0 Å². The molecule has 1 aliphatic rings. The quantitative estimate of drug-likeness (QED) is 0.612. The fraction of sp³-hybridized carbons (Fsp3) is 0.364. The average molecular weight is 176 g/mol. The van der Waals surface area contributed by atoms with E-state index in [1.165, 1.54) is 0 Å². The number of benzene rings is 1.